The smallest absolute Gasteiger partial charge is 0.241 e. The number of halogens is 1. The second-order valence-electron chi connectivity index (χ2n) is 7.82. The van der Waals surface area contributed by atoms with Gasteiger partial charge in [-0.3, -0.25) is 4.90 Å². The average molecular weight is 411 g/mol. The van der Waals surface area contributed by atoms with Crippen molar-refractivity contribution in [2.45, 2.75) is 32.2 Å². The molecule has 0 bridgehead atoms. The Kier molecular flexibility index (Phi) is 4.93. The van der Waals surface area contributed by atoms with Gasteiger partial charge in [0.25, 0.3) is 0 Å². The van der Waals surface area contributed by atoms with E-state index in [1.165, 1.54) is 18.4 Å². The van der Waals surface area contributed by atoms with E-state index in [0.29, 0.717) is 29.3 Å². The zero-order valence-corrected chi connectivity index (χ0v) is 17.1. The molecule has 1 saturated carbocycles. The SMILES string of the molecule is Cc1ccc(-c2noc(CN3CCN(c4cc(Cl)nc(C5CC5)n4)CC3)n2)cc1. The third kappa shape index (κ3) is 4.26. The number of hydrogen-bond acceptors (Lipinski definition) is 7. The fourth-order valence-electron chi connectivity index (χ4n) is 3.57. The quantitative estimate of drug-likeness (QED) is 0.594. The van der Waals surface area contributed by atoms with Crippen LogP contribution in [0.4, 0.5) is 5.82 Å². The second-order valence-corrected chi connectivity index (χ2v) is 8.21. The molecule has 7 nitrogen and oxygen atoms in total. The van der Waals surface area contributed by atoms with Crippen LogP contribution in [-0.2, 0) is 6.54 Å². The standard InChI is InChI=1S/C21H23ClN6O/c1-14-2-4-16(5-3-14)21-25-19(29-26-21)13-27-8-10-28(11-9-27)18-12-17(22)23-20(24-18)15-6-7-15/h2-5,12,15H,6-11,13H2,1H3. The number of anilines is 1. The van der Waals surface area contributed by atoms with Crippen molar-refractivity contribution in [3.63, 3.8) is 0 Å². The molecule has 2 aliphatic rings. The summed E-state index contributed by atoms with van der Waals surface area (Å²) in [4.78, 5) is 18.3. The summed E-state index contributed by atoms with van der Waals surface area (Å²) < 4.78 is 5.47. The molecular formula is C21H23ClN6O. The van der Waals surface area contributed by atoms with Crippen molar-refractivity contribution in [2.75, 3.05) is 31.1 Å². The number of piperazine rings is 1. The minimum absolute atomic E-state index is 0.494. The van der Waals surface area contributed by atoms with Crippen LogP contribution in [0.5, 0.6) is 0 Å². The van der Waals surface area contributed by atoms with Crippen LogP contribution in [0.1, 0.15) is 36.0 Å². The van der Waals surface area contributed by atoms with E-state index in [1.807, 2.05) is 18.2 Å². The highest BCUT2D eigenvalue weighted by atomic mass is 35.5. The predicted molar refractivity (Wildman–Crippen MR) is 111 cm³/mol. The second kappa shape index (κ2) is 7.72. The van der Waals surface area contributed by atoms with E-state index < -0.39 is 0 Å². The van der Waals surface area contributed by atoms with Crippen molar-refractivity contribution < 1.29 is 4.52 Å². The van der Waals surface area contributed by atoms with Crippen molar-refractivity contribution in [1.82, 2.24) is 25.0 Å². The van der Waals surface area contributed by atoms with Gasteiger partial charge >= 0.3 is 0 Å². The fraction of sp³-hybridized carbons (Fsp3) is 0.429. The van der Waals surface area contributed by atoms with Crippen LogP contribution in [0.3, 0.4) is 0 Å². The largest absolute Gasteiger partial charge is 0.354 e. The molecule has 3 aromatic rings. The first-order valence-electron chi connectivity index (χ1n) is 10.1. The molecule has 0 unspecified atom stereocenters. The van der Waals surface area contributed by atoms with Gasteiger partial charge in [0.2, 0.25) is 11.7 Å². The van der Waals surface area contributed by atoms with Crippen LogP contribution in [-0.4, -0.2) is 51.2 Å². The highest BCUT2D eigenvalue weighted by molar-refractivity contribution is 6.29. The highest BCUT2D eigenvalue weighted by Crippen LogP contribution is 2.39. The maximum atomic E-state index is 6.22. The molecule has 1 saturated heterocycles. The number of rotatable bonds is 5. The molecule has 8 heteroatoms. The molecule has 0 spiro atoms. The lowest BCUT2D eigenvalue weighted by Crippen LogP contribution is -2.46. The average Bonchev–Trinajstić information content (AvgIpc) is 3.48. The predicted octanol–water partition coefficient (Wildman–Crippen LogP) is 3.69. The Morgan fingerprint density at radius 1 is 1.03 bits per heavy atom. The monoisotopic (exact) mass is 410 g/mol. The van der Waals surface area contributed by atoms with Gasteiger partial charge < -0.3 is 9.42 Å². The van der Waals surface area contributed by atoms with E-state index >= 15 is 0 Å². The summed E-state index contributed by atoms with van der Waals surface area (Å²) in [5.41, 5.74) is 2.19. The third-order valence-electron chi connectivity index (χ3n) is 5.47. The van der Waals surface area contributed by atoms with E-state index in [4.69, 9.17) is 21.1 Å². The van der Waals surface area contributed by atoms with Gasteiger partial charge in [0, 0.05) is 43.7 Å². The van der Waals surface area contributed by atoms with Gasteiger partial charge in [0.1, 0.15) is 16.8 Å². The lowest BCUT2D eigenvalue weighted by atomic mass is 10.1. The molecule has 0 atom stereocenters. The molecule has 150 valence electrons. The van der Waals surface area contributed by atoms with E-state index in [0.717, 1.165) is 43.4 Å². The summed E-state index contributed by atoms with van der Waals surface area (Å²) in [7, 11) is 0. The molecule has 29 heavy (non-hydrogen) atoms. The molecule has 5 rings (SSSR count). The summed E-state index contributed by atoms with van der Waals surface area (Å²) in [5, 5.41) is 4.67. The maximum absolute atomic E-state index is 6.22. The molecule has 2 aromatic heterocycles. The first-order chi connectivity index (χ1) is 14.1. The molecule has 1 aliphatic heterocycles. The number of aryl methyl sites for hydroxylation is 1. The van der Waals surface area contributed by atoms with Crippen molar-refractivity contribution in [1.29, 1.82) is 0 Å². The van der Waals surface area contributed by atoms with Crippen molar-refractivity contribution in [3.8, 4) is 11.4 Å². The van der Waals surface area contributed by atoms with Crippen LogP contribution in [0.15, 0.2) is 34.9 Å². The minimum atomic E-state index is 0.494. The van der Waals surface area contributed by atoms with Crippen LogP contribution in [0.25, 0.3) is 11.4 Å². The lowest BCUT2D eigenvalue weighted by Gasteiger charge is -2.34. The Morgan fingerprint density at radius 2 is 1.79 bits per heavy atom. The Balaban J connectivity index is 1.20. The summed E-state index contributed by atoms with van der Waals surface area (Å²) in [6.45, 7) is 6.30. The zero-order chi connectivity index (χ0) is 19.8. The fourth-order valence-corrected chi connectivity index (χ4v) is 3.76. The lowest BCUT2D eigenvalue weighted by molar-refractivity contribution is 0.215. The van der Waals surface area contributed by atoms with Crippen molar-refractivity contribution >= 4 is 17.4 Å². The molecule has 1 aromatic carbocycles. The topological polar surface area (TPSA) is 71.2 Å². The van der Waals surface area contributed by atoms with E-state index in [1.54, 1.807) is 0 Å². The summed E-state index contributed by atoms with van der Waals surface area (Å²) in [6, 6.07) is 10.0. The number of nitrogens with zero attached hydrogens (tertiary/aromatic N) is 6. The van der Waals surface area contributed by atoms with Gasteiger partial charge in [-0.15, -0.1) is 0 Å². The Morgan fingerprint density at radius 3 is 2.52 bits per heavy atom. The van der Waals surface area contributed by atoms with E-state index in [-0.39, 0.29) is 0 Å². The third-order valence-corrected chi connectivity index (χ3v) is 5.67. The van der Waals surface area contributed by atoms with Gasteiger partial charge in [0.15, 0.2) is 0 Å². The summed E-state index contributed by atoms with van der Waals surface area (Å²) in [5.74, 6) is 3.61. The molecule has 0 amide bonds. The van der Waals surface area contributed by atoms with Crippen LogP contribution in [0, 0.1) is 6.92 Å². The van der Waals surface area contributed by atoms with Gasteiger partial charge in [-0.25, -0.2) is 9.97 Å². The number of aromatic nitrogens is 4. The first kappa shape index (κ1) is 18.5. The molecule has 2 fully saturated rings. The van der Waals surface area contributed by atoms with Crippen molar-refractivity contribution in [2.24, 2.45) is 0 Å². The highest BCUT2D eigenvalue weighted by Gasteiger charge is 2.28. The van der Waals surface area contributed by atoms with E-state index in [9.17, 15) is 0 Å². The molecule has 0 radical (unpaired) electrons. The number of benzene rings is 1. The van der Waals surface area contributed by atoms with Gasteiger partial charge in [-0.05, 0) is 19.8 Å². The Bertz CT molecular complexity index is 993. The normalized spacial score (nSPS) is 17.7. The van der Waals surface area contributed by atoms with Gasteiger partial charge in [0.05, 0.1) is 6.54 Å². The zero-order valence-electron chi connectivity index (χ0n) is 16.4. The van der Waals surface area contributed by atoms with Crippen molar-refractivity contribution in [3.05, 3.63) is 52.8 Å². The summed E-state index contributed by atoms with van der Waals surface area (Å²) >= 11 is 6.22. The Labute approximate surface area is 174 Å². The summed E-state index contributed by atoms with van der Waals surface area (Å²) in [6.07, 6.45) is 2.34. The van der Waals surface area contributed by atoms with Crippen LogP contribution in [0.2, 0.25) is 5.15 Å². The minimum Gasteiger partial charge on any atom is -0.354 e. The van der Waals surface area contributed by atoms with Gasteiger partial charge in [-0.1, -0.05) is 46.6 Å². The van der Waals surface area contributed by atoms with Gasteiger partial charge in [-0.2, -0.15) is 4.98 Å². The molecule has 0 N–H and O–H groups in total. The molecule has 3 heterocycles. The first-order valence-corrected chi connectivity index (χ1v) is 10.4. The number of hydrogen-bond donors (Lipinski definition) is 0. The molecule has 1 aliphatic carbocycles. The van der Waals surface area contributed by atoms with Crippen LogP contribution < -0.4 is 4.90 Å². The molecular weight excluding hydrogens is 388 g/mol. The van der Waals surface area contributed by atoms with E-state index in [2.05, 4.69) is 44.0 Å². The van der Waals surface area contributed by atoms with Crippen LogP contribution >= 0.6 is 11.6 Å². The Hall–Kier alpha value is -2.51. The maximum Gasteiger partial charge on any atom is 0.241 e.